The summed E-state index contributed by atoms with van der Waals surface area (Å²) in [6, 6.07) is 4.20. The van der Waals surface area contributed by atoms with Crippen LogP contribution in [0.5, 0.6) is 5.75 Å². The van der Waals surface area contributed by atoms with Crippen LogP contribution in [0.3, 0.4) is 0 Å². The molecular weight excluding hydrogens is 226 g/mol. The van der Waals surface area contributed by atoms with Crippen molar-refractivity contribution >= 4 is 17.3 Å². The van der Waals surface area contributed by atoms with Crippen molar-refractivity contribution in [2.45, 2.75) is 6.42 Å². The first kappa shape index (κ1) is 12.9. The van der Waals surface area contributed by atoms with Crippen molar-refractivity contribution in [2.24, 2.45) is 5.73 Å². The molecule has 0 aliphatic carbocycles. The van der Waals surface area contributed by atoms with Crippen LogP contribution in [0.25, 0.3) is 0 Å². The number of nitrogens with zero attached hydrogens (tertiary/aromatic N) is 1. The van der Waals surface area contributed by atoms with E-state index in [2.05, 4.69) is 5.32 Å². The van der Waals surface area contributed by atoms with E-state index in [4.69, 9.17) is 10.5 Å². The highest BCUT2D eigenvalue weighted by atomic mass is 16.6. The number of methoxy groups -OCH3 is 1. The number of nitro groups is 1. The van der Waals surface area contributed by atoms with E-state index in [0.29, 0.717) is 5.69 Å². The number of hydrogen-bond acceptors (Lipinski definition) is 5. The number of nitrogens with two attached hydrogens (primary N) is 1. The fourth-order valence-electron chi connectivity index (χ4n) is 1.27. The van der Waals surface area contributed by atoms with E-state index in [1.807, 2.05) is 0 Å². The molecule has 7 nitrogen and oxygen atoms in total. The molecule has 92 valence electrons. The summed E-state index contributed by atoms with van der Waals surface area (Å²) in [4.78, 5) is 21.4. The summed E-state index contributed by atoms with van der Waals surface area (Å²) in [5.41, 5.74) is 5.37. The van der Waals surface area contributed by atoms with Crippen LogP contribution in [-0.4, -0.2) is 24.5 Å². The van der Waals surface area contributed by atoms with Gasteiger partial charge in [-0.1, -0.05) is 0 Å². The first-order chi connectivity index (χ1) is 8.08. The summed E-state index contributed by atoms with van der Waals surface area (Å²) >= 11 is 0. The maximum Gasteiger partial charge on any atom is 0.312 e. The van der Waals surface area contributed by atoms with Gasteiger partial charge in [-0.2, -0.15) is 0 Å². The van der Waals surface area contributed by atoms with Gasteiger partial charge >= 0.3 is 5.69 Å². The number of hydrogen-bond donors (Lipinski definition) is 2. The molecule has 3 N–H and O–H groups in total. The van der Waals surface area contributed by atoms with Crippen LogP contribution in [0.2, 0.25) is 0 Å². The van der Waals surface area contributed by atoms with Crippen molar-refractivity contribution in [3.63, 3.8) is 0 Å². The van der Waals surface area contributed by atoms with Crippen LogP contribution in [0.15, 0.2) is 18.2 Å². The summed E-state index contributed by atoms with van der Waals surface area (Å²) in [5.74, 6) is -0.140. The van der Waals surface area contributed by atoms with Crippen LogP contribution in [0.4, 0.5) is 11.4 Å². The largest absolute Gasteiger partial charge is 0.490 e. The van der Waals surface area contributed by atoms with E-state index in [9.17, 15) is 14.9 Å². The number of nitrogens with one attached hydrogen (secondary N) is 1. The van der Waals surface area contributed by atoms with Gasteiger partial charge in [0.25, 0.3) is 0 Å². The van der Waals surface area contributed by atoms with Crippen molar-refractivity contribution in [1.82, 2.24) is 0 Å². The highest BCUT2D eigenvalue weighted by Crippen LogP contribution is 2.29. The average molecular weight is 239 g/mol. The van der Waals surface area contributed by atoms with Crippen molar-refractivity contribution in [3.05, 3.63) is 28.3 Å². The number of carbonyl (C=O) groups is 1. The topological polar surface area (TPSA) is 107 Å². The van der Waals surface area contributed by atoms with E-state index >= 15 is 0 Å². The minimum Gasteiger partial charge on any atom is -0.490 e. The minimum atomic E-state index is -0.572. The highest BCUT2D eigenvalue weighted by Gasteiger charge is 2.15. The van der Waals surface area contributed by atoms with Crippen molar-refractivity contribution in [2.75, 3.05) is 19.0 Å². The van der Waals surface area contributed by atoms with Crippen LogP contribution >= 0.6 is 0 Å². The molecule has 17 heavy (non-hydrogen) atoms. The number of ether oxygens (including phenoxy) is 1. The predicted molar refractivity (Wildman–Crippen MR) is 61.9 cm³/mol. The third-order valence-electron chi connectivity index (χ3n) is 2.03. The van der Waals surface area contributed by atoms with Crippen LogP contribution in [-0.2, 0) is 4.79 Å². The summed E-state index contributed by atoms with van der Waals surface area (Å²) in [6.07, 6.45) is 0.166. The van der Waals surface area contributed by atoms with Gasteiger partial charge in [-0.3, -0.25) is 14.9 Å². The number of carbonyl (C=O) groups excluding carboxylic acids is 1. The Morgan fingerprint density at radius 1 is 1.59 bits per heavy atom. The van der Waals surface area contributed by atoms with Crippen LogP contribution in [0, 0.1) is 10.1 Å². The van der Waals surface area contributed by atoms with Gasteiger partial charge in [-0.25, -0.2) is 0 Å². The van der Waals surface area contributed by atoms with E-state index in [0.717, 1.165) is 0 Å². The molecule has 0 bridgehead atoms. The molecule has 1 amide bonds. The molecule has 1 rings (SSSR count). The van der Waals surface area contributed by atoms with Gasteiger partial charge in [0.1, 0.15) is 0 Å². The lowest BCUT2D eigenvalue weighted by Gasteiger charge is -2.06. The van der Waals surface area contributed by atoms with Gasteiger partial charge < -0.3 is 15.8 Å². The molecule has 0 radical (unpaired) electrons. The Morgan fingerprint density at radius 3 is 2.82 bits per heavy atom. The maximum atomic E-state index is 11.3. The number of anilines is 1. The van der Waals surface area contributed by atoms with E-state index < -0.39 is 4.92 Å². The molecule has 7 heteroatoms. The van der Waals surface area contributed by atoms with E-state index in [-0.39, 0.29) is 30.3 Å². The molecule has 0 aliphatic heterocycles. The third kappa shape index (κ3) is 3.42. The van der Waals surface area contributed by atoms with Gasteiger partial charge in [0.05, 0.1) is 12.0 Å². The second-order valence-electron chi connectivity index (χ2n) is 3.23. The highest BCUT2D eigenvalue weighted by molar-refractivity contribution is 5.91. The lowest BCUT2D eigenvalue weighted by atomic mass is 10.2. The number of amides is 1. The summed E-state index contributed by atoms with van der Waals surface area (Å²) in [7, 11) is 1.34. The van der Waals surface area contributed by atoms with Gasteiger partial charge in [-0.15, -0.1) is 0 Å². The summed E-state index contributed by atoms with van der Waals surface area (Å²) < 4.78 is 4.84. The van der Waals surface area contributed by atoms with Gasteiger partial charge in [0, 0.05) is 24.7 Å². The molecule has 1 aromatic carbocycles. The number of rotatable bonds is 5. The molecule has 0 saturated heterocycles. The second kappa shape index (κ2) is 5.80. The van der Waals surface area contributed by atoms with Gasteiger partial charge in [0.15, 0.2) is 5.75 Å². The Morgan fingerprint density at radius 2 is 2.29 bits per heavy atom. The average Bonchev–Trinajstić information content (AvgIpc) is 2.29. The fraction of sp³-hybridized carbons (Fsp3) is 0.300. The predicted octanol–water partition coefficient (Wildman–Crippen LogP) is 0.891. The number of nitro benzene ring substituents is 1. The Bertz CT molecular complexity index is 434. The molecule has 0 saturated carbocycles. The zero-order valence-corrected chi connectivity index (χ0v) is 9.30. The van der Waals surface area contributed by atoms with Crippen molar-refractivity contribution in [1.29, 1.82) is 0 Å². The van der Waals surface area contributed by atoms with Gasteiger partial charge in [-0.05, 0) is 12.1 Å². The molecule has 0 spiro atoms. The Balaban J connectivity index is 2.92. The molecule has 0 aliphatic rings. The summed E-state index contributed by atoms with van der Waals surface area (Å²) in [5, 5.41) is 13.2. The van der Waals surface area contributed by atoms with E-state index in [1.165, 1.54) is 25.3 Å². The van der Waals surface area contributed by atoms with Crippen molar-refractivity contribution < 1.29 is 14.5 Å². The standard InChI is InChI=1S/C10H13N3O4/c1-17-9-3-2-7(6-8(9)13(15)16)12-10(14)4-5-11/h2-3,6H,4-5,11H2,1H3,(H,12,14). The Kier molecular flexibility index (Phi) is 4.41. The Hall–Kier alpha value is -2.15. The Labute approximate surface area is 97.7 Å². The monoisotopic (exact) mass is 239 g/mol. The minimum absolute atomic E-state index is 0.145. The molecule has 0 atom stereocenters. The second-order valence-corrected chi connectivity index (χ2v) is 3.23. The lowest BCUT2D eigenvalue weighted by molar-refractivity contribution is -0.385. The first-order valence-electron chi connectivity index (χ1n) is 4.91. The molecular formula is C10H13N3O4. The first-order valence-corrected chi connectivity index (χ1v) is 4.91. The van der Waals surface area contributed by atoms with Crippen molar-refractivity contribution in [3.8, 4) is 5.75 Å². The van der Waals surface area contributed by atoms with Crippen LogP contribution in [0.1, 0.15) is 6.42 Å². The zero-order valence-electron chi connectivity index (χ0n) is 9.30. The van der Waals surface area contributed by atoms with Crippen LogP contribution < -0.4 is 15.8 Å². The molecule has 0 fully saturated rings. The molecule has 0 aromatic heterocycles. The zero-order chi connectivity index (χ0) is 12.8. The van der Waals surface area contributed by atoms with E-state index in [1.54, 1.807) is 0 Å². The summed E-state index contributed by atoms with van der Waals surface area (Å²) in [6.45, 7) is 0.226. The van der Waals surface area contributed by atoms with Gasteiger partial charge in [0.2, 0.25) is 5.91 Å². The molecule has 0 heterocycles. The maximum absolute atomic E-state index is 11.3. The third-order valence-corrected chi connectivity index (χ3v) is 2.03. The SMILES string of the molecule is COc1ccc(NC(=O)CCN)cc1[N+](=O)[O-]. The fourth-order valence-corrected chi connectivity index (χ4v) is 1.27. The smallest absolute Gasteiger partial charge is 0.312 e. The number of benzene rings is 1. The normalized spacial score (nSPS) is 9.76. The molecule has 0 unspecified atom stereocenters. The quantitative estimate of drug-likeness (QED) is 0.586. The lowest BCUT2D eigenvalue weighted by Crippen LogP contribution is -2.16. The molecule has 1 aromatic rings.